The van der Waals surface area contributed by atoms with Gasteiger partial charge in [-0.15, -0.1) is 0 Å². The SMILES string of the molecule is CC[C@@H]1c2ccccc2N[C@@H](Nc2ccccc2)[C@@H]1C. The Hall–Kier alpha value is -1.96. The number of benzene rings is 2. The summed E-state index contributed by atoms with van der Waals surface area (Å²) in [5.74, 6) is 1.16. The Morgan fingerprint density at radius 3 is 2.45 bits per heavy atom. The van der Waals surface area contributed by atoms with Crippen molar-refractivity contribution in [2.75, 3.05) is 10.6 Å². The van der Waals surface area contributed by atoms with Crippen molar-refractivity contribution in [2.45, 2.75) is 32.4 Å². The van der Waals surface area contributed by atoms with Gasteiger partial charge < -0.3 is 10.6 Å². The lowest BCUT2D eigenvalue weighted by atomic mass is 9.79. The first-order chi connectivity index (χ1) is 9.79. The van der Waals surface area contributed by atoms with E-state index in [2.05, 4.69) is 73.0 Å². The van der Waals surface area contributed by atoms with Crippen LogP contribution in [0.2, 0.25) is 0 Å². The normalized spacial score (nSPS) is 24.6. The van der Waals surface area contributed by atoms with Crippen molar-refractivity contribution < 1.29 is 0 Å². The molecule has 3 atom stereocenters. The summed E-state index contributed by atoms with van der Waals surface area (Å²) in [7, 11) is 0. The van der Waals surface area contributed by atoms with Crippen molar-refractivity contribution in [1.82, 2.24) is 0 Å². The van der Waals surface area contributed by atoms with Gasteiger partial charge in [0.05, 0.1) is 6.17 Å². The Bertz CT molecular complexity index is 565. The van der Waals surface area contributed by atoms with Crippen LogP contribution in [0.3, 0.4) is 0 Å². The van der Waals surface area contributed by atoms with Crippen LogP contribution in [-0.2, 0) is 0 Å². The van der Waals surface area contributed by atoms with Crippen LogP contribution in [0.25, 0.3) is 0 Å². The standard InChI is InChI=1S/C18H22N2/c1-3-15-13(2)18(19-14-9-5-4-6-10-14)20-17-12-8-7-11-16(15)17/h4-13,15,18-20H,3H2,1-2H3/t13-,15+,18-/m1/s1. The van der Waals surface area contributed by atoms with Crippen molar-refractivity contribution in [3.05, 3.63) is 60.2 Å². The molecule has 0 radical (unpaired) electrons. The van der Waals surface area contributed by atoms with Crippen LogP contribution >= 0.6 is 0 Å². The van der Waals surface area contributed by atoms with E-state index >= 15 is 0 Å². The maximum Gasteiger partial charge on any atom is 0.0996 e. The molecular formula is C18H22N2. The van der Waals surface area contributed by atoms with Crippen LogP contribution in [-0.4, -0.2) is 6.17 Å². The van der Waals surface area contributed by atoms with Gasteiger partial charge in [-0.3, -0.25) is 0 Å². The van der Waals surface area contributed by atoms with Gasteiger partial charge in [0.2, 0.25) is 0 Å². The van der Waals surface area contributed by atoms with Gasteiger partial charge in [0.15, 0.2) is 0 Å². The summed E-state index contributed by atoms with van der Waals surface area (Å²) in [6.45, 7) is 4.61. The Morgan fingerprint density at radius 2 is 1.70 bits per heavy atom. The average molecular weight is 266 g/mol. The highest BCUT2D eigenvalue weighted by Crippen LogP contribution is 2.40. The van der Waals surface area contributed by atoms with Gasteiger partial charge in [0, 0.05) is 17.3 Å². The first-order valence-corrected chi connectivity index (χ1v) is 7.46. The van der Waals surface area contributed by atoms with E-state index in [1.54, 1.807) is 0 Å². The molecule has 0 saturated heterocycles. The van der Waals surface area contributed by atoms with Crippen molar-refractivity contribution in [1.29, 1.82) is 0 Å². The van der Waals surface area contributed by atoms with Crippen molar-refractivity contribution in [3.63, 3.8) is 0 Å². The molecular weight excluding hydrogens is 244 g/mol. The Balaban J connectivity index is 1.87. The molecule has 2 aromatic rings. The number of rotatable bonds is 3. The zero-order chi connectivity index (χ0) is 13.9. The van der Waals surface area contributed by atoms with Crippen LogP contribution in [0.4, 0.5) is 11.4 Å². The van der Waals surface area contributed by atoms with E-state index in [0.29, 0.717) is 11.8 Å². The van der Waals surface area contributed by atoms with Crippen LogP contribution < -0.4 is 10.6 Å². The van der Waals surface area contributed by atoms with Crippen molar-refractivity contribution in [2.24, 2.45) is 5.92 Å². The molecule has 0 bridgehead atoms. The fourth-order valence-electron chi connectivity index (χ4n) is 3.24. The average Bonchev–Trinajstić information content (AvgIpc) is 2.49. The van der Waals surface area contributed by atoms with E-state index < -0.39 is 0 Å². The molecule has 2 heteroatoms. The molecule has 0 amide bonds. The summed E-state index contributed by atoms with van der Waals surface area (Å²) in [6, 6.07) is 19.1. The molecule has 20 heavy (non-hydrogen) atoms. The lowest BCUT2D eigenvalue weighted by Gasteiger charge is -2.39. The molecule has 0 unspecified atom stereocenters. The quantitative estimate of drug-likeness (QED) is 0.843. The fraction of sp³-hybridized carbons (Fsp3) is 0.333. The second-order valence-electron chi connectivity index (χ2n) is 5.59. The number of para-hydroxylation sites is 2. The summed E-state index contributed by atoms with van der Waals surface area (Å²) in [5, 5.41) is 7.27. The Morgan fingerprint density at radius 1 is 1.00 bits per heavy atom. The van der Waals surface area contributed by atoms with E-state index in [9.17, 15) is 0 Å². The third-order valence-electron chi connectivity index (χ3n) is 4.37. The number of fused-ring (bicyclic) bond motifs is 1. The highest BCUT2D eigenvalue weighted by molar-refractivity contribution is 5.58. The molecule has 104 valence electrons. The largest absolute Gasteiger partial charge is 0.365 e. The number of anilines is 2. The molecule has 1 aliphatic heterocycles. The van der Waals surface area contributed by atoms with Crippen molar-refractivity contribution in [3.8, 4) is 0 Å². The summed E-state index contributed by atoms with van der Waals surface area (Å²) in [4.78, 5) is 0. The maximum absolute atomic E-state index is 3.65. The molecule has 1 heterocycles. The first-order valence-electron chi connectivity index (χ1n) is 7.46. The summed E-state index contributed by atoms with van der Waals surface area (Å²) in [6.07, 6.45) is 1.45. The summed E-state index contributed by atoms with van der Waals surface area (Å²) >= 11 is 0. The molecule has 0 saturated carbocycles. The minimum atomic E-state index is 0.275. The molecule has 0 aromatic heterocycles. The third kappa shape index (κ3) is 2.38. The minimum absolute atomic E-state index is 0.275. The van der Waals surface area contributed by atoms with Gasteiger partial charge in [0.25, 0.3) is 0 Å². The van der Waals surface area contributed by atoms with E-state index in [1.807, 2.05) is 6.07 Å². The molecule has 0 spiro atoms. The van der Waals surface area contributed by atoms with Crippen LogP contribution in [0.1, 0.15) is 31.7 Å². The third-order valence-corrected chi connectivity index (χ3v) is 4.37. The zero-order valence-electron chi connectivity index (χ0n) is 12.1. The van der Waals surface area contributed by atoms with Gasteiger partial charge in [-0.2, -0.15) is 0 Å². The van der Waals surface area contributed by atoms with Gasteiger partial charge in [0.1, 0.15) is 0 Å². The second-order valence-corrected chi connectivity index (χ2v) is 5.59. The molecule has 2 nitrogen and oxygen atoms in total. The van der Waals surface area contributed by atoms with Crippen LogP contribution in [0.5, 0.6) is 0 Å². The molecule has 2 N–H and O–H groups in total. The molecule has 1 aliphatic rings. The number of hydrogen-bond donors (Lipinski definition) is 2. The predicted octanol–water partition coefficient (Wildman–Crippen LogP) is 4.68. The molecule has 3 rings (SSSR count). The minimum Gasteiger partial charge on any atom is -0.365 e. The highest BCUT2D eigenvalue weighted by Gasteiger charge is 2.32. The van der Waals surface area contributed by atoms with Gasteiger partial charge in [-0.1, -0.05) is 50.2 Å². The van der Waals surface area contributed by atoms with Crippen LogP contribution in [0, 0.1) is 5.92 Å². The number of nitrogens with one attached hydrogen (secondary N) is 2. The Kier molecular flexibility index (Phi) is 3.64. The zero-order valence-corrected chi connectivity index (χ0v) is 12.1. The second kappa shape index (κ2) is 5.58. The topological polar surface area (TPSA) is 24.1 Å². The molecule has 0 aliphatic carbocycles. The maximum atomic E-state index is 3.65. The Labute approximate surface area is 121 Å². The molecule has 2 aromatic carbocycles. The van der Waals surface area contributed by atoms with E-state index in [0.717, 1.165) is 0 Å². The van der Waals surface area contributed by atoms with Gasteiger partial charge >= 0.3 is 0 Å². The monoisotopic (exact) mass is 266 g/mol. The van der Waals surface area contributed by atoms with Crippen molar-refractivity contribution >= 4 is 11.4 Å². The summed E-state index contributed by atoms with van der Waals surface area (Å²) < 4.78 is 0. The predicted molar refractivity (Wildman–Crippen MR) is 86.1 cm³/mol. The van der Waals surface area contributed by atoms with Gasteiger partial charge in [-0.05, 0) is 36.1 Å². The highest BCUT2D eigenvalue weighted by atomic mass is 15.1. The lowest BCUT2D eigenvalue weighted by Crippen LogP contribution is -2.41. The number of hydrogen-bond acceptors (Lipinski definition) is 2. The van der Waals surface area contributed by atoms with E-state index in [-0.39, 0.29) is 6.17 Å². The first kappa shape index (κ1) is 13.0. The molecule has 0 fully saturated rings. The van der Waals surface area contributed by atoms with E-state index in [1.165, 1.54) is 23.4 Å². The fourth-order valence-corrected chi connectivity index (χ4v) is 3.24. The smallest absolute Gasteiger partial charge is 0.0996 e. The van der Waals surface area contributed by atoms with Gasteiger partial charge in [-0.25, -0.2) is 0 Å². The van der Waals surface area contributed by atoms with Crippen LogP contribution in [0.15, 0.2) is 54.6 Å². The van der Waals surface area contributed by atoms with E-state index in [4.69, 9.17) is 0 Å². The lowest BCUT2D eigenvalue weighted by molar-refractivity contribution is 0.396. The summed E-state index contributed by atoms with van der Waals surface area (Å²) in [5.41, 5.74) is 3.89.